The fourth-order valence-electron chi connectivity index (χ4n) is 2.28. The highest BCUT2D eigenvalue weighted by atomic mass is 16.5. The molecule has 0 unspecified atom stereocenters. The van der Waals surface area contributed by atoms with Gasteiger partial charge in [0.15, 0.2) is 0 Å². The van der Waals surface area contributed by atoms with Gasteiger partial charge in [0.1, 0.15) is 6.54 Å². The Bertz CT molecular complexity index is 811. The molecule has 6 nitrogen and oxygen atoms in total. The van der Waals surface area contributed by atoms with E-state index in [1.165, 1.54) is 28.8 Å². The van der Waals surface area contributed by atoms with Crippen molar-refractivity contribution < 1.29 is 14.3 Å². The topological polar surface area (TPSA) is 68.6 Å². The van der Waals surface area contributed by atoms with Gasteiger partial charge >= 0.3 is 5.97 Å². The van der Waals surface area contributed by atoms with Crippen LogP contribution < -0.4 is 5.56 Å². The van der Waals surface area contributed by atoms with Gasteiger partial charge in [-0.05, 0) is 24.1 Å². The molecule has 126 valence electrons. The Morgan fingerprint density at radius 3 is 2.54 bits per heavy atom. The Morgan fingerprint density at radius 2 is 1.92 bits per heavy atom. The number of nitrogens with zero attached hydrogens (tertiary/aromatic N) is 2. The third-order valence-corrected chi connectivity index (χ3v) is 3.81. The maximum absolute atomic E-state index is 12.7. The lowest BCUT2D eigenvalue weighted by molar-refractivity contribution is -0.141. The van der Waals surface area contributed by atoms with Crippen LogP contribution in [0.5, 0.6) is 0 Å². The zero-order chi connectivity index (χ0) is 17.7. The van der Waals surface area contributed by atoms with Crippen LogP contribution in [0.4, 0.5) is 0 Å². The lowest BCUT2D eigenvalue weighted by Crippen LogP contribution is -2.36. The van der Waals surface area contributed by atoms with Gasteiger partial charge in [0.05, 0.1) is 7.11 Å². The summed E-state index contributed by atoms with van der Waals surface area (Å²) >= 11 is 0. The minimum atomic E-state index is -0.513. The van der Waals surface area contributed by atoms with Crippen molar-refractivity contribution in [2.75, 3.05) is 13.7 Å². The van der Waals surface area contributed by atoms with E-state index in [1.807, 2.05) is 31.2 Å². The molecular weight excluding hydrogens is 308 g/mol. The van der Waals surface area contributed by atoms with Crippen molar-refractivity contribution in [2.24, 2.45) is 7.05 Å². The van der Waals surface area contributed by atoms with Crippen LogP contribution in [0.25, 0.3) is 0 Å². The molecule has 6 heteroatoms. The molecule has 0 aliphatic rings. The number of hydrogen-bond acceptors (Lipinski definition) is 4. The molecular formula is C18H20N2O4. The number of hydrogen-bond donors (Lipinski definition) is 0. The highest BCUT2D eigenvalue weighted by Crippen LogP contribution is 2.13. The minimum Gasteiger partial charge on any atom is -0.468 e. The van der Waals surface area contributed by atoms with Crippen LogP contribution >= 0.6 is 0 Å². The zero-order valence-corrected chi connectivity index (χ0v) is 14.0. The number of carbonyl (C=O) groups excluding carboxylic acids is 2. The van der Waals surface area contributed by atoms with Crippen molar-refractivity contribution in [1.82, 2.24) is 9.47 Å². The van der Waals surface area contributed by atoms with E-state index < -0.39 is 5.97 Å². The summed E-state index contributed by atoms with van der Waals surface area (Å²) < 4.78 is 6.06. The molecule has 1 aromatic carbocycles. The fourth-order valence-corrected chi connectivity index (χ4v) is 2.28. The number of rotatable bonds is 5. The summed E-state index contributed by atoms with van der Waals surface area (Å²) in [5.74, 6) is -0.901. The van der Waals surface area contributed by atoms with E-state index in [0.717, 1.165) is 11.1 Å². The highest BCUT2D eigenvalue weighted by molar-refractivity contribution is 5.95. The van der Waals surface area contributed by atoms with Gasteiger partial charge < -0.3 is 14.2 Å². The van der Waals surface area contributed by atoms with E-state index in [4.69, 9.17) is 0 Å². The Labute approximate surface area is 140 Å². The second-order valence-corrected chi connectivity index (χ2v) is 5.53. The maximum Gasteiger partial charge on any atom is 0.325 e. The van der Waals surface area contributed by atoms with Crippen LogP contribution in [0, 0.1) is 6.92 Å². The molecule has 0 fully saturated rings. The second-order valence-electron chi connectivity index (χ2n) is 5.53. The molecule has 0 aliphatic heterocycles. The first kappa shape index (κ1) is 17.5. The Kier molecular flexibility index (Phi) is 5.52. The van der Waals surface area contributed by atoms with Gasteiger partial charge in [0.2, 0.25) is 0 Å². The van der Waals surface area contributed by atoms with Gasteiger partial charge in [-0.1, -0.05) is 24.3 Å². The third-order valence-electron chi connectivity index (χ3n) is 3.81. The first-order chi connectivity index (χ1) is 11.4. The number of carbonyl (C=O) groups is 2. The summed E-state index contributed by atoms with van der Waals surface area (Å²) in [6, 6.07) is 10.5. The molecule has 1 heterocycles. The van der Waals surface area contributed by atoms with Crippen LogP contribution in [-0.4, -0.2) is 35.0 Å². The molecule has 2 aromatic rings. The molecule has 0 saturated carbocycles. The van der Waals surface area contributed by atoms with Gasteiger partial charge in [-0.25, -0.2) is 0 Å². The molecule has 24 heavy (non-hydrogen) atoms. The number of amides is 1. The van der Waals surface area contributed by atoms with E-state index in [2.05, 4.69) is 4.74 Å². The van der Waals surface area contributed by atoms with Crippen LogP contribution in [0.2, 0.25) is 0 Å². The quantitative estimate of drug-likeness (QED) is 0.780. The largest absolute Gasteiger partial charge is 0.468 e. The van der Waals surface area contributed by atoms with Crippen LogP contribution in [0.1, 0.15) is 21.5 Å². The molecule has 2 rings (SSSR count). The van der Waals surface area contributed by atoms with Gasteiger partial charge in [-0.2, -0.15) is 0 Å². The molecule has 0 saturated heterocycles. The van der Waals surface area contributed by atoms with Crippen molar-refractivity contribution >= 4 is 11.9 Å². The number of aryl methyl sites for hydroxylation is 2. The van der Waals surface area contributed by atoms with Crippen molar-refractivity contribution in [3.8, 4) is 0 Å². The monoisotopic (exact) mass is 328 g/mol. The molecule has 0 spiro atoms. The molecule has 0 atom stereocenters. The van der Waals surface area contributed by atoms with Crippen molar-refractivity contribution in [2.45, 2.75) is 13.5 Å². The summed E-state index contributed by atoms with van der Waals surface area (Å²) in [6.07, 6.45) is 1.53. The number of pyridine rings is 1. The van der Waals surface area contributed by atoms with Gasteiger partial charge in [-0.15, -0.1) is 0 Å². The Hall–Kier alpha value is -2.89. The van der Waals surface area contributed by atoms with E-state index >= 15 is 0 Å². The first-order valence-corrected chi connectivity index (χ1v) is 7.49. The molecule has 0 bridgehead atoms. The normalized spacial score (nSPS) is 10.3. The van der Waals surface area contributed by atoms with Gasteiger partial charge in [-0.3, -0.25) is 14.4 Å². The number of esters is 1. The standard InChI is InChI=1S/C18H20N2O4/c1-13-6-4-5-7-15(13)11-20(12-17(22)24-3)18(23)14-8-9-19(2)16(21)10-14/h4-10H,11-12H2,1-3H3. The first-order valence-electron chi connectivity index (χ1n) is 7.49. The summed E-state index contributed by atoms with van der Waals surface area (Å²) in [7, 11) is 2.88. The van der Waals surface area contributed by atoms with E-state index in [1.54, 1.807) is 13.1 Å². The van der Waals surface area contributed by atoms with Crippen molar-refractivity contribution in [3.05, 3.63) is 69.6 Å². The SMILES string of the molecule is COC(=O)CN(Cc1ccccc1C)C(=O)c1ccn(C)c(=O)c1. The average Bonchev–Trinajstić information content (AvgIpc) is 2.57. The molecule has 1 amide bonds. The zero-order valence-electron chi connectivity index (χ0n) is 14.0. The third kappa shape index (κ3) is 4.10. The van der Waals surface area contributed by atoms with Gasteiger partial charge in [0, 0.05) is 31.4 Å². The fraction of sp³-hybridized carbons (Fsp3) is 0.278. The molecule has 0 radical (unpaired) electrons. The summed E-state index contributed by atoms with van der Waals surface area (Å²) in [5, 5.41) is 0. The van der Waals surface area contributed by atoms with E-state index in [9.17, 15) is 14.4 Å². The number of methoxy groups -OCH3 is 1. The van der Waals surface area contributed by atoms with Crippen molar-refractivity contribution in [3.63, 3.8) is 0 Å². The molecule has 1 aromatic heterocycles. The Morgan fingerprint density at radius 1 is 1.21 bits per heavy atom. The van der Waals surface area contributed by atoms with Crippen LogP contribution in [0.15, 0.2) is 47.4 Å². The van der Waals surface area contributed by atoms with Crippen LogP contribution in [-0.2, 0) is 23.1 Å². The summed E-state index contributed by atoms with van der Waals surface area (Å²) in [5.41, 5.74) is 1.91. The predicted octanol–water partition coefficient (Wildman–Crippen LogP) is 1.51. The second kappa shape index (κ2) is 7.59. The highest BCUT2D eigenvalue weighted by Gasteiger charge is 2.20. The minimum absolute atomic E-state index is 0.182. The number of ether oxygens (including phenoxy) is 1. The van der Waals surface area contributed by atoms with Gasteiger partial charge in [0.25, 0.3) is 11.5 Å². The smallest absolute Gasteiger partial charge is 0.325 e. The van der Waals surface area contributed by atoms with Crippen LogP contribution in [0.3, 0.4) is 0 Å². The van der Waals surface area contributed by atoms with E-state index in [0.29, 0.717) is 0 Å². The Balaban J connectivity index is 2.32. The molecule has 0 N–H and O–H groups in total. The predicted molar refractivity (Wildman–Crippen MR) is 89.6 cm³/mol. The molecule has 0 aliphatic carbocycles. The average molecular weight is 328 g/mol. The maximum atomic E-state index is 12.7. The number of aromatic nitrogens is 1. The summed E-state index contributed by atoms with van der Waals surface area (Å²) in [6.45, 7) is 2.02. The number of benzene rings is 1. The van der Waals surface area contributed by atoms with Crippen molar-refractivity contribution in [1.29, 1.82) is 0 Å². The lowest BCUT2D eigenvalue weighted by Gasteiger charge is -2.22. The lowest BCUT2D eigenvalue weighted by atomic mass is 10.1. The summed E-state index contributed by atoms with van der Waals surface area (Å²) in [4.78, 5) is 37.6. The van der Waals surface area contributed by atoms with E-state index in [-0.39, 0.29) is 30.1 Å².